The number of unbranched alkanes of at least 4 members (excludes halogenated alkanes) is 1. The molecule has 0 aromatic heterocycles. The van der Waals surface area contributed by atoms with E-state index >= 15 is 0 Å². The molecule has 1 aliphatic rings. The Morgan fingerprint density at radius 1 is 1.12 bits per heavy atom. The molecular formula is C19H33N3O4. The van der Waals surface area contributed by atoms with Crippen molar-refractivity contribution < 1.29 is 19.1 Å². The summed E-state index contributed by atoms with van der Waals surface area (Å²) in [5, 5.41) is 0. The first-order valence-electron chi connectivity index (χ1n) is 9.09. The molecule has 0 aromatic carbocycles. The number of guanidine groups is 1. The highest BCUT2D eigenvalue weighted by Crippen LogP contribution is 2.23. The Bertz CT molecular complexity index is 583. The minimum Gasteiger partial charge on any atom is -0.443 e. The molecule has 7 nitrogen and oxygen atoms in total. The van der Waals surface area contributed by atoms with Gasteiger partial charge in [-0.25, -0.2) is 14.5 Å². The second kappa shape index (κ2) is 8.56. The van der Waals surface area contributed by atoms with Crippen LogP contribution in [-0.2, 0) is 9.47 Å². The molecule has 0 saturated heterocycles. The summed E-state index contributed by atoms with van der Waals surface area (Å²) in [4.78, 5) is 32.2. The number of aliphatic imine (C=N–C) groups is 1. The third-order valence-electron chi connectivity index (χ3n) is 3.38. The van der Waals surface area contributed by atoms with Gasteiger partial charge in [0, 0.05) is 19.3 Å². The summed E-state index contributed by atoms with van der Waals surface area (Å²) < 4.78 is 10.8. The lowest BCUT2D eigenvalue weighted by molar-refractivity contribution is 0.0384. The van der Waals surface area contributed by atoms with E-state index in [-0.39, 0.29) is 5.96 Å². The van der Waals surface area contributed by atoms with Gasteiger partial charge in [-0.2, -0.15) is 0 Å². The Kier molecular flexibility index (Phi) is 7.24. The highest BCUT2D eigenvalue weighted by Gasteiger charge is 2.34. The average Bonchev–Trinajstić information content (AvgIpc) is 2.43. The highest BCUT2D eigenvalue weighted by atomic mass is 16.6. The van der Waals surface area contributed by atoms with Crippen molar-refractivity contribution in [3.8, 4) is 0 Å². The Morgan fingerprint density at radius 2 is 1.69 bits per heavy atom. The molecule has 148 valence electrons. The molecule has 0 bridgehead atoms. The smallest absolute Gasteiger partial charge is 0.437 e. The summed E-state index contributed by atoms with van der Waals surface area (Å²) in [7, 11) is 1.77. The van der Waals surface area contributed by atoms with Crippen LogP contribution in [0.4, 0.5) is 9.59 Å². The van der Waals surface area contributed by atoms with Gasteiger partial charge in [-0.15, -0.1) is 4.99 Å². The first-order valence-corrected chi connectivity index (χ1v) is 9.09. The zero-order valence-electron chi connectivity index (χ0n) is 17.4. The van der Waals surface area contributed by atoms with E-state index in [2.05, 4.69) is 11.9 Å². The van der Waals surface area contributed by atoms with Crippen LogP contribution in [0.3, 0.4) is 0 Å². The fraction of sp³-hybridized carbons (Fsp3) is 0.737. The van der Waals surface area contributed by atoms with Gasteiger partial charge in [0.2, 0.25) is 5.96 Å². The number of carbonyl (C=O) groups excluding carboxylic acids is 2. The Hall–Kier alpha value is -2.05. The van der Waals surface area contributed by atoms with Crippen LogP contribution in [-0.4, -0.2) is 52.7 Å². The van der Waals surface area contributed by atoms with Gasteiger partial charge < -0.3 is 14.4 Å². The molecule has 0 unspecified atom stereocenters. The summed E-state index contributed by atoms with van der Waals surface area (Å²) in [5.74, 6) is 0.224. The van der Waals surface area contributed by atoms with Crippen LogP contribution < -0.4 is 0 Å². The van der Waals surface area contributed by atoms with Crippen molar-refractivity contribution >= 4 is 18.1 Å². The molecule has 0 aliphatic carbocycles. The number of hydrogen-bond donors (Lipinski definition) is 0. The lowest BCUT2D eigenvalue weighted by Gasteiger charge is -2.36. The largest absolute Gasteiger partial charge is 0.443 e. The summed E-state index contributed by atoms with van der Waals surface area (Å²) in [5.41, 5.74) is -0.520. The predicted molar refractivity (Wildman–Crippen MR) is 102 cm³/mol. The van der Waals surface area contributed by atoms with E-state index in [4.69, 9.17) is 9.47 Å². The molecule has 1 rings (SSSR count). The van der Waals surface area contributed by atoms with E-state index < -0.39 is 23.4 Å². The van der Waals surface area contributed by atoms with Crippen LogP contribution in [0, 0.1) is 0 Å². The quantitative estimate of drug-likeness (QED) is 0.732. The number of ether oxygens (including phenoxy) is 2. The third-order valence-corrected chi connectivity index (χ3v) is 3.38. The predicted octanol–water partition coefficient (Wildman–Crippen LogP) is 4.53. The fourth-order valence-corrected chi connectivity index (χ4v) is 2.29. The van der Waals surface area contributed by atoms with Gasteiger partial charge in [0.15, 0.2) is 0 Å². The van der Waals surface area contributed by atoms with Gasteiger partial charge in [-0.3, -0.25) is 0 Å². The summed E-state index contributed by atoms with van der Waals surface area (Å²) in [6, 6.07) is 0. The Balaban J connectivity index is 3.22. The van der Waals surface area contributed by atoms with Gasteiger partial charge in [0.25, 0.3) is 0 Å². The van der Waals surface area contributed by atoms with Crippen LogP contribution in [0.15, 0.2) is 16.8 Å². The molecule has 0 fully saturated rings. The molecule has 26 heavy (non-hydrogen) atoms. The van der Waals surface area contributed by atoms with E-state index in [9.17, 15) is 9.59 Å². The monoisotopic (exact) mass is 367 g/mol. The zero-order chi connectivity index (χ0) is 20.1. The maximum absolute atomic E-state index is 12.8. The topological polar surface area (TPSA) is 71.4 Å². The second-order valence-corrected chi connectivity index (χ2v) is 8.39. The molecule has 0 N–H and O–H groups in total. The van der Waals surface area contributed by atoms with Crippen molar-refractivity contribution in [3.63, 3.8) is 0 Å². The summed E-state index contributed by atoms with van der Waals surface area (Å²) in [6.45, 7) is 13.4. The van der Waals surface area contributed by atoms with Crippen LogP contribution in [0.5, 0.6) is 0 Å². The van der Waals surface area contributed by atoms with Gasteiger partial charge in [0.1, 0.15) is 11.2 Å². The van der Waals surface area contributed by atoms with Crippen molar-refractivity contribution in [2.24, 2.45) is 4.99 Å². The van der Waals surface area contributed by atoms with E-state index in [0.717, 1.165) is 18.5 Å². The summed E-state index contributed by atoms with van der Waals surface area (Å²) in [6.07, 6.45) is 3.31. The maximum atomic E-state index is 12.8. The van der Waals surface area contributed by atoms with Crippen molar-refractivity contribution in [1.29, 1.82) is 0 Å². The molecule has 0 atom stereocenters. The number of allylic oxidation sites excluding steroid dienone is 1. The minimum atomic E-state index is -0.732. The molecule has 0 aromatic rings. The van der Waals surface area contributed by atoms with Crippen molar-refractivity contribution in [2.45, 2.75) is 78.9 Å². The molecular weight excluding hydrogens is 334 g/mol. The van der Waals surface area contributed by atoms with Crippen LogP contribution >= 0.6 is 0 Å². The van der Waals surface area contributed by atoms with Crippen molar-refractivity contribution in [2.75, 3.05) is 13.6 Å². The second-order valence-electron chi connectivity index (χ2n) is 8.39. The third kappa shape index (κ3) is 7.06. The molecule has 2 amide bonds. The standard InChI is InChI=1S/C19H33N3O4/c1-9-10-11-14-12-13-21(8)15(20-16(23)25-18(2,3)4)22(14)17(24)26-19(5,6)7/h12H,9-11,13H2,1-8H3/b20-15+. The SMILES string of the molecule is CCCCC1=CCN(C)/C(=N\C(=O)OC(C)(C)C)N1C(=O)OC(C)(C)C. The van der Waals surface area contributed by atoms with Gasteiger partial charge in [0.05, 0.1) is 0 Å². The molecule has 1 heterocycles. The summed E-state index contributed by atoms with van der Waals surface area (Å²) >= 11 is 0. The lowest BCUT2D eigenvalue weighted by Crippen LogP contribution is -2.50. The Labute approximate surface area is 157 Å². The number of nitrogens with zero attached hydrogens (tertiary/aromatic N) is 3. The lowest BCUT2D eigenvalue weighted by atomic mass is 10.1. The van der Waals surface area contributed by atoms with Crippen molar-refractivity contribution in [1.82, 2.24) is 9.80 Å². The normalized spacial score (nSPS) is 17.2. The fourth-order valence-electron chi connectivity index (χ4n) is 2.29. The van der Waals surface area contributed by atoms with E-state index in [0.29, 0.717) is 13.0 Å². The number of likely N-dealkylation sites (N-methyl/N-ethyl adjacent to an activating group) is 1. The first-order chi connectivity index (χ1) is 11.8. The van der Waals surface area contributed by atoms with E-state index in [1.807, 2.05) is 6.08 Å². The first kappa shape index (κ1) is 22.0. The number of hydrogen-bond acceptors (Lipinski definition) is 4. The number of amides is 2. The van der Waals surface area contributed by atoms with Crippen LogP contribution in [0.2, 0.25) is 0 Å². The zero-order valence-corrected chi connectivity index (χ0v) is 17.4. The van der Waals surface area contributed by atoms with Crippen LogP contribution in [0.25, 0.3) is 0 Å². The van der Waals surface area contributed by atoms with Gasteiger partial charge in [-0.1, -0.05) is 13.3 Å². The van der Waals surface area contributed by atoms with Gasteiger partial charge in [-0.05, 0) is 60.5 Å². The molecule has 0 spiro atoms. The molecule has 0 radical (unpaired) electrons. The number of carbonyl (C=O) groups is 2. The maximum Gasteiger partial charge on any atom is 0.437 e. The highest BCUT2D eigenvalue weighted by molar-refractivity contribution is 6.01. The minimum absolute atomic E-state index is 0.224. The van der Waals surface area contributed by atoms with Crippen molar-refractivity contribution in [3.05, 3.63) is 11.8 Å². The van der Waals surface area contributed by atoms with Crippen LogP contribution in [0.1, 0.15) is 67.7 Å². The number of rotatable bonds is 3. The van der Waals surface area contributed by atoms with Gasteiger partial charge >= 0.3 is 12.2 Å². The van der Waals surface area contributed by atoms with E-state index in [1.54, 1.807) is 53.5 Å². The molecule has 7 heteroatoms. The molecule has 1 aliphatic heterocycles. The molecule has 0 saturated carbocycles. The van der Waals surface area contributed by atoms with E-state index in [1.165, 1.54) is 4.90 Å². The average molecular weight is 367 g/mol. The Morgan fingerprint density at radius 3 is 2.19 bits per heavy atom.